The number of thiazole rings is 1. The Balaban J connectivity index is 1.42. The highest BCUT2D eigenvalue weighted by Crippen LogP contribution is 2.47. The van der Waals surface area contributed by atoms with Crippen LogP contribution < -0.4 is 19.5 Å². The van der Waals surface area contributed by atoms with Crippen molar-refractivity contribution in [1.82, 2.24) is 5.32 Å². The van der Waals surface area contributed by atoms with Crippen molar-refractivity contribution in [3.63, 3.8) is 0 Å². The number of aryl methyl sites for hydroxylation is 2. The van der Waals surface area contributed by atoms with Gasteiger partial charge in [-0.05, 0) is 85.1 Å². The Morgan fingerprint density at radius 3 is 2.61 bits per heavy atom. The van der Waals surface area contributed by atoms with Gasteiger partial charge in [0.15, 0.2) is 0 Å². The summed E-state index contributed by atoms with van der Waals surface area (Å²) in [5.41, 5.74) is 6.32. The molecular formula is C36H42N3O7S3+. The van der Waals surface area contributed by atoms with Gasteiger partial charge < -0.3 is 20.1 Å². The van der Waals surface area contributed by atoms with Crippen molar-refractivity contribution in [3.05, 3.63) is 86.9 Å². The van der Waals surface area contributed by atoms with E-state index in [1.807, 2.05) is 46.7 Å². The molecule has 0 spiro atoms. The number of carboxylic acids is 1. The second-order valence-corrected chi connectivity index (χ2v) is 16.9. The van der Waals surface area contributed by atoms with E-state index in [2.05, 4.69) is 56.4 Å². The van der Waals surface area contributed by atoms with Crippen molar-refractivity contribution in [2.24, 2.45) is 5.41 Å². The zero-order valence-electron chi connectivity index (χ0n) is 28.3. The quantitative estimate of drug-likeness (QED) is 0.110. The van der Waals surface area contributed by atoms with Gasteiger partial charge in [-0.3, -0.25) is 14.1 Å². The topological polar surface area (TPSA) is 137 Å². The second-order valence-electron chi connectivity index (χ2n) is 13.2. The van der Waals surface area contributed by atoms with Crippen LogP contribution in [0.3, 0.4) is 0 Å². The van der Waals surface area contributed by atoms with Gasteiger partial charge in [-0.1, -0.05) is 55.2 Å². The fraction of sp³-hybridized carbons (Fsp3) is 0.361. The van der Waals surface area contributed by atoms with Crippen molar-refractivity contribution in [2.45, 2.75) is 58.4 Å². The first kappa shape index (κ1) is 36.4. The smallest absolute Gasteiger partial charge is 0.323 e. The Labute approximate surface area is 295 Å². The highest BCUT2D eigenvalue weighted by atomic mass is 32.2. The molecule has 0 unspecified atom stereocenters. The number of aliphatic carboxylic acids is 1. The highest BCUT2D eigenvalue weighted by Gasteiger charge is 2.29. The van der Waals surface area contributed by atoms with Crippen LogP contribution in [0, 0.1) is 19.3 Å². The van der Waals surface area contributed by atoms with E-state index in [-0.39, 0.29) is 37.4 Å². The minimum Gasteiger partial charge on any atom is -0.497 e. The Morgan fingerprint density at radius 2 is 1.90 bits per heavy atom. The van der Waals surface area contributed by atoms with E-state index in [4.69, 9.17) is 9.29 Å². The summed E-state index contributed by atoms with van der Waals surface area (Å²) in [6.07, 6.45) is 12.2. The number of nitrogens with zero attached hydrogens (tertiary/aromatic N) is 2. The Hall–Kier alpha value is -3.91. The molecule has 260 valence electrons. The van der Waals surface area contributed by atoms with Crippen LogP contribution in [0.5, 0.6) is 5.75 Å². The standard InChI is InChI=1S/C36H41N3O7S3/c1-23-14-29-30(15-24(23)2)47-33(39(29)22-35(41)42)9-6-8-25-16-26(20-36(3,4)19-25)17-34-38(21-32(40)37-12-7-13-49(43,44)45)28-11-10-27(46-5)18-31(28)48-34/h6,8-11,14-18H,7,12-13,19-22H2,1-5H3,(H2-,37,40,41,42,43,44,45)/p+1. The summed E-state index contributed by atoms with van der Waals surface area (Å²) >= 11 is 3.14. The van der Waals surface area contributed by atoms with Crippen LogP contribution in [-0.2, 0) is 26.3 Å². The number of allylic oxidation sites excluding steroid dienone is 6. The third kappa shape index (κ3) is 9.41. The van der Waals surface area contributed by atoms with Gasteiger partial charge in [0.05, 0.1) is 23.6 Å². The molecule has 1 aliphatic carbocycles. The third-order valence-electron chi connectivity index (χ3n) is 8.38. The van der Waals surface area contributed by atoms with Gasteiger partial charge in [0.1, 0.15) is 17.0 Å². The summed E-state index contributed by atoms with van der Waals surface area (Å²) in [5.74, 6) is -0.854. The van der Waals surface area contributed by atoms with E-state index >= 15 is 0 Å². The number of carboxylic acid groups (broad SMARTS) is 1. The van der Waals surface area contributed by atoms with Gasteiger partial charge in [0, 0.05) is 29.6 Å². The number of amides is 1. The van der Waals surface area contributed by atoms with Crippen molar-refractivity contribution in [1.29, 1.82) is 0 Å². The maximum absolute atomic E-state index is 13.0. The predicted octanol–water partition coefficient (Wildman–Crippen LogP) is 6.43. The summed E-state index contributed by atoms with van der Waals surface area (Å²) in [7, 11) is -2.48. The van der Waals surface area contributed by atoms with Crippen LogP contribution in [0.2, 0.25) is 0 Å². The van der Waals surface area contributed by atoms with Crippen molar-refractivity contribution < 1.29 is 37.0 Å². The summed E-state index contributed by atoms with van der Waals surface area (Å²) in [6, 6.07) is 9.89. The molecule has 10 nitrogen and oxygen atoms in total. The zero-order chi connectivity index (χ0) is 35.5. The number of anilines is 1. The molecule has 3 N–H and O–H groups in total. The fourth-order valence-corrected chi connectivity index (χ4v) is 8.89. The van der Waals surface area contributed by atoms with Crippen molar-refractivity contribution in [2.75, 3.05) is 30.9 Å². The zero-order valence-corrected chi connectivity index (χ0v) is 30.7. The summed E-state index contributed by atoms with van der Waals surface area (Å²) < 4.78 is 39.5. The largest absolute Gasteiger partial charge is 0.497 e. The molecule has 49 heavy (non-hydrogen) atoms. The van der Waals surface area contributed by atoms with Crippen LogP contribution in [-0.4, -0.2) is 55.9 Å². The van der Waals surface area contributed by atoms with Gasteiger partial charge in [0.25, 0.3) is 21.0 Å². The fourth-order valence-electron chi connectivity index (χ4n) is 6.06. The molecule has 0 bridgehead atoms. The molecule has 0 saturated heterocycles. The van der Waals surface area contributed by atoms with Gasteiger partial charge in [-0.15, -0.1) is 0 Å². The number of rotatable bonds is 12. The lowest BCUT2D eigenvalue weighted by Gasteiger charge is -2.30. The predicted molar refractivity (Wildman–Crippen MR) is 196 cm³/mol. The highest BCUT2D eigenvalue weighted by molar-refractivity contribution is 8.03. The van der Waals surface area contributed by atoms with Crippen LogP contribution in [0.1, 0.15) is 49.2 Å². The van der Waals surface area contributed by atoms with Crippen LogP contribution in [0.25, 0.3) is 16.3 Å². The van der Waals surface area contributed by atoms with Gasteiger partial charge in [0.2, 0.25) is 12.1 Å². The number of methoxy groups -OCH3 is 1. The van der Waals surface area contributed by atoms with Crippen LogP contribution >= 0.6 is 23.1 Å². The molecule has 13 heteroatoms. The molecule has 1 amide bonds. The van der Waals surface area contributed by atoms with Gasteiger partial charge in [-0.25, -0.2) is 0 Å². The number of thioether (sulfide) groups is 1. The minimum absolute atomic E-state index is 0.0225. The molecule has 1 aromatic heterocycles. The Bertz CT molecular complexity index is 2020. The maximum Gasteiger partial charge on any atom is 0.323 e. The lowest BCUT2D eigenvalue weighted by molar-refractivity contribution is -0.655. The number of aromatic nitrogens is 1. The molecule has 1 aliphatic heterocycles. The van der Waals surface area contributed by atoms with Gasteiger partial charge >= 0.3 is 5.97 Å². The number of nitrogens with one attached hydrogen (secondary N) is 1. The average molecular weight is 725 g/mol. The number of ether oxygens (including phenoxy) is 1. The number of hydrogen-bond acceptors (Lipinski definition) is 8. The third-order valence-corrected chi connectivity index (χ3v) is 11.4. The Morgan fingerprint density at radius 1 is 1.14 bits per heavy atom. The number of carbonyl (C=O) groups is 2. The number of hydrogen-bond donors (Lipinski definition) is 3. The summed E-state index contributed by atoms with van der Waals surface area (Å²) in [6.45, 7) is 8.61. The Kier molecular flexibility index (Phi) is 11.1. The number of benzene rings is 2. The second kappa shape index (κ2) is 14.9. The molecule has 0 atom stereocenters. The lowest BCUT2D eigenvalue weighted by Crippen LogP contribution is -2.44. The van der Waals surface area contributed by atoms with E-state index in [1.165, 1.54) is 5.56 Å². The first-order chi connectivity index (χ1) is 23.1. The lowest BCUT2D eigenvalue weighted by atomic mass is 9.75. The maximum atomic E-state index is 13.0. The summed E-state index contributed by atoms with van der Waals surface area (Å²) in [4.78, 5) is 27.6. The summed E-state index contributed by atoms with van der Waals surface area (Å²) in [5, 5.41) is 14.1. The normalized spacial score (nSPS) is 17.6. The molecule has 2 aliphatic rings. The molecule has 0 saturated carbocycles. The van der Waals surface area contributed by atoms with E-state index in [1.54, 1.807) is 30.2 Å². The van der Waals surface area contributed by atoms with E-state index in [0.717, 1.165) is 60.4 Å². The molecule has 2 aromatic carbocycles. The first-order valence-corrected chi connectivity index (χ1v) is 19.2. The molecule has 2 heterocycles. The van der Waals surface area contributed by atoms with Crippen LogP contribution in [0.15, 0.2) is 75.7 Å². The SMILES string of the molecule is COc1ccc2c(c1)sc(/C=C1C=C(/C=C/C=C3\Sc4cc(C)c(C)cc4N3CC(=O)O)CC(C)(C)C/1)[n+]2CC(=O)NCCCS(=O)(=O)O. The molecule has 3 aromatic rings. The van der Waals surface area contributed by atoms with Crippen LogP contribution in [0.4, 0.5) is 5.69 Å². The first-order valence-electron chi connectivity index (χ1n) is 15.9. The van der Waals surface area contributed by atoms with E-state index in [9.17, 15) is 23.1 Å². The monoisotopic (exact) mass is 724 g/mol. The minimum atomic E-state index is -4.09. The molecular weight excluding hydrogens is 683 g/mol. The average Bonchev–Trinajstić information content (AvgIpc) is 3.49. The molecule has 0 radical (unpaired) electrons. The molecule has 0 fully saturated rings. The number of fused-ring (bicyclic) bond motifs is 2. The molecule has 5 rings (SSSR count). The van der Waals surface area contributed by atoms with Crippen molar-refractivity contribution >= 4 is 67.1 Å². The number of carbonyl (C=O) groups excluding carboxylic acids is 1. The van der Waals surface area contributed by atoms with Crippen molar-refractivity contribution in [3.8, 4) is 5.75 Å². The van der Waals surface area contributed by atoms with E-state index < -0.39 is 21.8 Å². The van der Waals surface area contributed by atoms with E-state index in [0.29, 0.717) is 5.75 Å². The van der Waals surface area contributed by atoms with Gasteiger partial charge in [-0.2, -0.15) is 13.0 Å².